The van der Waals surface area contributed by atoms with Gasteiger partial charge in [0.05, 0.1) is 5.92 Å². The van der Waals surface area contributed by atoms with Crippen LogP contribution in [0.2, 0.25) is 0 Å². The summed E-state index contributed by atoms with van der Waals surface area (Å²) in [5.41, 5.74) is 0.957. The van der Waals surface area contributed by atoms with Crippen LogP contribution in [0.4, 0.5) is 0 Å². The first-order chi connectivity index (χ1) is 13.1. The molecule has 2 bridgehead atoms. The van der Waals surface area contributed by atoms with Crippen LogP contribution in [0.3, 0.4) is 0 Å². The van der Waals surface area contributed by atoms with Crippen molar-refractivity contribution in [3.05, 3.63) is 11.6 Å². The van der Waals surface area contributed by atoms with Gasteiger partial charge < -0.3 is 10.2 Å². The number of hydrogen-bond acceptors (Lipinski definition) is 3. The third-order valence-corrected chi connectivity index (χ3v) is 9.59. The highest BCUT2D eigenvalue weighted by atomic mass is 16.4. The molecule has 1 spiro atoms. The van der Waals surface area contributed by atoms with Gasteiger partial charge in [0.1, 0.15) is 6.61 Å². The van der Waals surface area contributed by atoms with E-state index in [4.69, 9.17) is 0 Å². The van der Waals surface area contributed by atoms with E-state index in [0.29, 0.717) is 17.8 Å². The summed E-state index contributed by atoms with van der Waals surface area (Å²) in [5, 5.41) is 19.6. The number of hydrogen-bond donors (Lipinski definition) is 2. The number of carbonyl (C=O) groups is 2. The van der Waals surface area contributed by atoms with Gasteiger partial charge in [0.25, 0.3) is 0 Å². The minimum absolute atomic E-state index is 0.00201. The summed E-state index contributed by atoms with van der Waals surface area (Å²) in [6.07, 6.45) is 9.19. The van der Waals surface area contributed by atoms with E-state index >= 15 is 0 Å². The van der Waals surface area contributed by atoms with Crippen molar-refractivity contribution in [1.29, 1.82) is 0 Å². The van der Waals surface area contributed by atoms with Gasteiger partial charge in [-0.3, -0.25) is 9.59 Å². The number of carboxylic acid groups (broad SMARTS) is 1. The van der Waals surface area contributed by atoms with Crippen LogP contribution in [0.5, 0.6) is 0 Å². The van der Waals surface area contributed by atoms with E-state index in [1.54, 1.807) is 0 Å². The average Bonchev–Trinajstić information content (AvgIpc) is 2.66. The van der Waals surface area contributed by atoms with E-state index in [1.165, 1.54) is 5.57 Å². The van der Waals surface area contributed by atoms with Gasteiger partial charge in [0.2, 0.25) is 0 Å². The second-order valence-corrected chi connectivity index (χ2v) is 11.0. The zero-order valence-corrected chi connectivity index (χ0v) is 17.8. The van der Waals surface area contributed by atoms with Crippen molar-refractivity contribution in [3.8, 4) is 0 Å². The lowest BCUT2D eigenvalue weighted by Crippen LogP contribution is -2.62. The SMILES string of the molecule is CC(C)C1=CC23CCC4C(C)(C(=O)CO)CCCC4(C)C2CC1C(C(=O)O)C3. The molecule has 156 valence electrons. The van der Waals surface area contributed by atoms with Gasteiger partial charge in [-0.25, -0.2) is 0 Å². The summed E-state index contributed by atoms with van der Waals surface area (Å²) in [4.78, 5) is 24.8. The van der Waals surface area contributed by atoms with Crippen LogP contribution in [0.1, 0.15) is 72.6 Å². The molecular formula is C24H36O4. The topological polar surface area (TPSA) is 74.6 Å². The van der Waals surface area contributed by atoms with Gasteiger partial charge >= 0.3 is 5.97 Å². The number of carboxylic acids is 1. The fraction of sp³-hybridized carbons (Fsp3) is 0.833. The van der Waals surface area contributed by atoms with Crippen LogP contribution in [0.25, 0.3) is 0 Å². The number of aliphatic hydroxyl groups excluding tert-OH is 1. The zero-order chi connectivity index (χ0) is 20.5. The van der Waals surface area contributed by atoms with Crippen molar-refractivity contribution in [3.63, 3.8) is 0 Å². The third-order valence-electron chi connectivity index (χ3n) is 9.59. The number of allylic oxidation sites excluding steroid dienone is 2. The molecule has 28 heavy (non-hydrogen) atoms. The van der Waals surface area contributed by atoms with E-state index in [2.05, 4.69) is 33.8 Å². The summed E-state index contributed by atoms with van der Waals surface area (Å²) in [6.45, 7) is 8.50. The molecule has 3 fully saturated rings. The predicted octanol–water partition coefficient (Wildman–Crippen LogP) is 4.46. The zero-order valence-electron chi connectivity index (χ0n) is 17.8. The Bertz CT molecular complexity index is 724. The highest BCUT2D eigenvalue weighted by Gasteiger charge is 2.66. The Labute approximate surface area is 168 Å². The van der Waals surface area contributed by atoms with Crippen molar-refractivity contribution in [2.45, 2.75) is 72.6 Å². The summed E-state index contributed by atoms with van der Waals surface area (Å²) in [7, 11) is 0. The lowest BCUT2D eigenvalue weighted by atomic mass is 9.36. The van der Waals surface area contributed by atoms with Crippen LogP contribution in [-0.2, 0) is 9.59 Å². The molecule has 0 aromatic heterocycles. The predicted molar refractivity (Wildman–Crippen MR) is 108 cm³/mol. The molecule has 7 atom stereocenters. The van der Waals surface area contributed by atoms with E-state index in [1.807, 2.05) is 0 Å². The summed E-state index contributed by atoms with van der Waals surface area (Å²) in [6, 6.07) is 0. The second-order valence-electron chi connectivity index (χ2n) is 11.0. The van der Waals surface area contributed by atoms with Crippen LogP contribution < -0.4 is 0 Å². The number of Topliss-reactive ketones (excluding diaryl/α,β-unsaturated/α-hetero) is 1. The first-order valence-electron chi connectivity index (χ1n) is 11.2. The molecule has 7 unspecified atom stereocenters. The first kappa shape index (κ1) is 20.1. The Morgan fingerprint density at radius 1 is 1.18 bits per heavy atom. The van der Waals surface area contributed by atoms with Crippen LogP contribution >= 0.6 is 0 Å². The van der Waals surface area contributed by atoms with Gasteiger partial charge in [-0.15, -0.1) is 0 Å². The molecule has 0 aliphatic heterocycles. The maximum Gasteiger partial charge on any atom is 0.307 e. The number of fused-ring (bicyclic) bond motifs is 2. The van der Waals surface area contributed by atoms with Crippen molar-refractivity contribution < 1.29 is 19.8 Å². The Hall–Kier alpha value is -1.16. The second kappa shape index (κ2) is 6.42. The number of aliphatic hydroxyl groups is 1. The highest BCUT2D eigenvalue weighted by Crippen LogP contribution is 2.72. The normalized spacial score (nSPS) is 47.3. The molecule has 0 heterocycles. The van der Waals surface area contributed by atoms with E-state index < -0.39 is 11.4 Å². The number of aliphatic carboxylic acids is 1. The van der Waals surface area contributed by atoms with Crippen LogP contribution in [0.15, 0.2) is 11.6 Å². The lowest BCUT2D eigenvalue weighted by molar-refractivity contribution is -0.178. The minimum Gasteiger partial charge on any atom is -0.481 e. The molecule has 0 aromatic carbocycles. The van der Waals surface area contributed by atoms with Gasteiger partial charge in [-0.1, -0.05) is 45.8 Å². The lowest BCUT2D eigenvalue weighted by Gasteiger charge is -2.67. The van der Waals surface area contributed by atoms with Gasteiger partial charge in [0.15, 0.2) is 5.78 Å². The van der Waals surface area contributed by atoms with Crippen molar-refractivity contribution in [1.82, 2.24) is 0 Å². The number of ketones is 1. The van der Waals surface area contributed by atoms with Crippen molar-refractivity contribution in [2.24, 2.45) is 45.8 Å². The maximum atomic E-state index is 12.7. The van der Waals surface area contributed by atoms with Crippen molar-refractivity contribution in [2.75, 3.05) is 6.61 Å². The van der Waals surface area contributed by atoms with Crippen LogP contribution in [-0.4, -0.2) is 28.6 Å². The quantitative estimate of drug-likeness (QED) is 0.697. The van der Waals surface area contributed by atoms with E-state index in [-0.39, 0.29) is 35.1 Å². The van der Waals surface area contributed by atoms with Crippen LogP contribution in [0, 0.1) is 45.8 Å². The van der Waals surface area contributed by atoms with Gasteiger partial charge in [-0.2, -0.15) is 0 Å². The first-order valence-corrected chi connectivity index (χ1v) is 11.2. The molecule has 4 nitrogen and oxygen atoms in total. The summed E-state index contributed by atoms with van der Waals surface area (Å²) in [5.74, 6) is 0.389. The fourth-order valence-electron chi connectivity index (χ4n) is 8.35. The summed E-state index contributed by atoms with van der Waals surface area (Å²) >= 11 is 0. The highest BCUT2D eigenvalue weighted by molar-refractivity contribution is 5.86. The number of carbonyl (C=O) groups excluding carboxylic acids is 1. The molecule has 5 aliphatic rings. The molecule has 5 aliphatic carbocycles. The molecule has 5 rings (SSSR count). The van der Waals surface area contributed by atoms with Gasteiger partial charge in [0, 0.05) is 5.41 Å². The van der Waals surface area contributed by atoms with Gasteiger partial charge in [-0.05, 0) is 73.0 Å². The monoisotopic (exact) mass is 388 g/mol. The molecular weight excluding hydrogens is 352 g/mol. The molecule has 2 N–H and O–H groups in total. The van der Waals surface area contributed by atoms with E-state index in [0.717, 1.165) is 44.9 Å². The molecule has 0 saturated heterocycles. The Morgan fingerprint density at radius 2 is 1.89 bits per heavy atom. The summed E-state index contributed by atoms with van der Waals surface area (Å²) < 4.78 is 0. The third kappa shape index (κ3) is 2.52. The van der Waals surface area contributed by atoms with E-state index in [9.17, 15) is 19.8 Å². The minimum atomic E-state index is -0.634. The molecule has 4 heteroatoms. The largest absolute Gasteiger partial charge is 0.481 e. The maximum absolute atomic E-state index is 12.7. The molecule has 0 aromatic rings. The molecule has 3 saturated carbocycles. The Balaban J connectivity index is 1.77. The van der Waals surface area contributed by atoms with Crippen molar-refractivity contribution >= 4 is 11.8 Å². The standard InChI is InChI=1S/C24H36O4/c1-14(2)16-11-24-9-6-18-22(3,7-5-8-23(18,4)20(26)13-25)19(24)10-15(16)17(12-24)21(27)28/h11,14-15,17-19,25H,5-10,12-13H2,1-4H3,(H,27,28). The Kier molecular flexibility index (Phi) is 4.61. The Morgan fingerprint density at radius 3 is 2.50 bits per heavy atom. The fourth-order valence-corrected chi connectivity index (χ4v) is 8.35. The number of rotatable bonds is 4. The molecule has 0 amide bonds. The average molecular weight is 389 g/mol. The molecule has 0 radical (unpaired) electrons. The smallest absolute Gasteiger partial charge is 0.307 e.